The highest BCUT2D eigenvalue weighted by Crippen LogP contribution is 2.37. The van der Waals surface area contributed by atoms with Gasteiger partial charge in [0.05, 0.1) is 17.1 Å². The quantitative estimate of drug-likeness (QED) is 0.466. The number of pyridine rings is 2. The molecule has 2 aliphatic rings. The highest BCUT2D eigenvalue weighted by molar-refractivity contribution is 5.98. The van der Waals surface area contributed by atoms with Gasteiger partial charge in [-0.25, -0.2) is 9.97 Å². The molecule has 1 fully saturated rings. The third-order valence-corrected chi connectivity index (χ3v) is 6.95. The Labute approximate surface area is 209 Å². The predicted octanol–water partition coefficient (Wildman–Crippen LogP) is 3.05. The number of ether oxygens (including phenoxy) is 1. The number of nitrogens with zero attached hydrogens (tertiary/aromatic N) is 6. The SMILES string of the molecule is CCN1C(=O)COc2ccc(-c3nc4ccc(N)cn4c3CN3CCN(c4ccccn4)CC3)cc21. The number of hydrogen-bond acceptors (Lipinski definition) is 7. The summed E-state index contributed by atoms with van der Waals surface area (Å²) in [4.78, 5) is 28.5. The van der Waals surface area contributed by atoms with Crippen molar-refractivity contribution in [3.8, 4) is 17.0 Å². The maximum atomic E-state index is 12.4. The van der Waals surface area contributed by atoms with Gasteiger partial charge in [0, 0.05) is 62.9 Å². The molecule has 184 valence electrons. The summed E-state index contributed by atoms with van der Waals surface area (Å²) in [6.07, 6.45) is 3.78. The zero-order valence-electron chi connectivity index (χ0n) is 20.3. The van der Waals surface area contributed by atoms with Crippen molar-refractivity contribution in [3.63, 3.8) is 0 Å². The van der Waals surface area contributed by atoms with Crippen LogP contribution in [0.15, 0.2) is 60.9 Å². The summed E-state index contributed by atoms with van der Waals surface area (Å²) in [5.74, 6) is 1.71. The number of nitrogens with two attached hydrogens (primary N) is 1. The van der Waals surface area contributed by atoms with Gasteiger partial charge in [-0.05, 0) is 49.4 Å². The molecule has 4 aromatic rings. The first kappa shape index (κ1) is 22.4. The second kappa shape index (κ2) is 9.16. The van der Waals surface area contributed by atoms with E-state index in [0.717, 1.165) is 72.6 Å². The molecule has 0 bridgehead atoms. The fraction of sp³-hybridized carbons (Fsp3) is 0.296. The monoisotopic (exact) mass is 483 g/mol. The number of anilines is 3. The number of amides is 1. The molecule has 0 radical (unpaired) electrons. The smallest absolute Gasteiger partial charge is 0.265 e. The average Bonchev–Trinajstić information content (AvgIpc) is 3.26. The lowest BCUT2D eigenvalue weighted by Gasteiger charge is -2.35. The number of nitrogen functional groups attached to an aromatic ring is 1. The Morgan fingerprint density at radius 1 is 1.06 bits per heavy atom. The van der Waals surface area contributed by atoms with Crippen LogP contribution in [0.4, 0.5) is 17.2 Å². The molecule has 0 aliphatic carbocycles. The molecule has 1 amide bonds. The van der Waals surface area contributed by atoms with Gasteiger partial charge in [-0.1, -0.05) is 6.07 Å². The van der Waals surface area contributed by atoms with E-state index in [2.05, 4.69) is 25.3 Å². The van der Waals surface area contributed by atoms with Gasteiger partial charge in [-0.3, -0.25) is 9.69 Å². The van der Waals surface area contributed by atoms with Crippen molar-refractivity contribution < 1.29 is 9.53 Å². The van der Waals surface area contributed by atoms with Gasteiger partial charge in [0.25, 0.3) is 5.91 Å². The summed E-state index contributed by atoms with van der Waals surface area (Å²) in [6.45, 7) is 7.04. The van der Waals surface area contributed by atoms with Crippen molar-refractivity contribution in [2.45, 2.75) is 13.5 Å². The topological polar surface area (TPSA) is 92.2 Å². The third kappa shape index (κ3) is 4.01. The summed E-state index contributed by atoms with van der Waals surface area (Å²) < 4.78 is 7.77. The number of hydrogen-bond donors (Lipinski definition) is 1. The fourth-order valence-electron chi connectivity index (χ4n) is 5.08. The second-order valence-electron chi connectivity index (χ2n) is 9.16. The number of aromatic nitrogens is 3. The number of rotatable bonds is 5. The van der Waals surface area contributed by atoms with E-state index in [1.807, 2.05) is 61.8 Å². The van der Waals surface area contributed by atoms with Crippen LogP contribution >= 0.6 is 0 Å². The van der Waals surface area contributed by atoms with Gasteiger partial charge < -0.3 is 24.7 Å². The minimum Gasteiger partial charge on any atom is -0.482 e. The van der Waals surface area contributed by atoms with E-state index in [-0.39, 0.29) is 12.5 Å². The molecule has 9 heteroatoms. The van der Waals surface area contributed by atoms with Crippen LogP contribution in [0.1, 0.15) is 12.6 Å². The Balaban J connectivity index is 1.33. The van der Waals surface area contributed by atoms with Crippen LogP contribution in [-0.2, 0) is 11.3 Å². The van der Waals surface area contributed by atoms with Gasteiger partial charge in [0.2, 0.25) is 0 Å². The van der Waals surface area contributed by atoms with Crippen LogP contribution in [0.25, 0.3) is 16.9 Å². The molecule has 1 aromatic carbocycles. The number of piperazine rings is 1. The summed E-state index contributed by atoms with van der Waals surface area (Å²) in [5, 5.41) is 0. The van der Waals surface area contributed by atoms with Crippen molar-refractivity contribution in [1.29, 1.82) is 0 Å². The first-order chi connectivity index (χ1) is 17.6. The number of imidazole rings is 1. The predicted molar refractivity (Wildman–Crippen MR) is 140 cm³/mol. The van der Waals surface area contributed by atoms with Crippen molar-refractivity contribution in [2.24, 2.45) is 0 Å². The Morgan fingerprint density at radius 3 is 2.69 bits per heavy atom. The van der Waals surface area contributed by atoms with Crippen LogP contribution < -0.4 is 20.3 Å². The Hall–Kier alpha value is -4.11. The average molecular weight is 484 g/mol. The number of likely N-dealkylation sites (N-methyl/N-ethyl adjacent to an activating group) is 1. The Morgan fingerprint density at radius 2 is 1.92 bits per heavy atom. The zero-order chi connectivity index (χ0) is 24.6. The molecule has 6 rings (SSSR count). The molecular formula is C27H29N7O2. The lowest BCUT2D eigenvalue weighted by Crippen LogP contribution is -2.46. The Kier molecular flexibility index (Phi) is 5.69. The van der Waals surface area contributed by atoms with Gasteiger partial charge >= 0.3 is 0 Å². The molecule has 3 aromatic heterocycles. The Bertz CT molecular complexity index is 1410. The van der Waals surface area contributed by atoms with E-state index in [9.17, 15) is 4.79 Å². The maximum absolute atomic E-state index is 12.4. The standard InChI is InChI=1S/C27H29N7O2/c1-2-33-21-15-19(6-8-23(21)36-18-26(33)35)27-22(34-16-20(28)7-9-25(34)30-27)17-31-11-13-32(14-12-31)24-5-3-4-10-29-24/h3-10,15-16H,2,11-14,17-18,28H2,1H3. The van der Waals surface area contributed by atoms with E-state index in [1.165, 1.54) is 0 Å². The summed E-state index contributed by atoms with van der Waals surface area (Å²) in [5.41, 5.74) is 11.4. The van der Waals surface area contributed by atoms with Crippen molar-refractivity contribution in [1.82, 2.24) is 19.3 Å². The first-order valence-corrected chi connectivity index (χ1v) is 12.3. The number of carbonyl (C=O) groups is 1. The van der Waals surface area contributed by atoms with Crippen LogP contribution in [0.2, 0.25) is 0 Å². The molecule has 1 saturated heterocycles. The molecule has 36 heavy (non-hydrogen) atoms. The lowest BCUT2D eigenvalue weighted by atomic mass is 10.1. The maximum Gasteiger partial charge on any atom is 0.265 e. The van der Waals surface area contributed by atoms with Crippen LogP contribution in [0.3, 0.4) is 0 Å². The second-order valence-corrected chi connectivity index (χ2v) is 9.16. The summed E-state index contributed by atoms with van der Waals surface area (Å²) in [6, 6.07) is 15.8. The van der Waals surface area contributed by atoms with E-state index in [1.54, 1.807) is 4.90 Å². The molecule has 2 aliphatic heterocycles. The molecule has 0 atom stereocenters. The molecule has 0 saturated carbocycles. The van der Waals surface area contributed by atoms with E-state index in [0.29, 0.717) is 12.2 Å². The van der Waals surface area contributed by atoms with Crippen molar-refractivity contribution in [2.75, 3.05) is 54.9 Å². The highest BCUT2D eigenvalue weighted by atomic mass is 16.5. The molecule has 9 nitrogen and oxygen atoms in total. The largest absolute Gasteiger partial charge is 0.482 e. The molecule has 0 unspecified atom stereocenters. The minimum absolute atomic E-state index is 0.0316. The van der Waals surface area contributed by atoms with Crippen LogP contribution in [0.5, 0.6) is 5.75 Å². The highest BCUT2D eigenvalue weighted by Gasteiger charge is 2.27. The molecule has 5 heterocycles. The number of fused-ring (bicyclic) bond motifs is 2. The zero-order valence-corrected chi connectivity index (χ0v) is 20.3. The fourth-order valence-corrected chi connectivity index (χ4v) is 5.08. The summed E-state index contributed by atoms with van der Waals surface area (Å²) in [7, 11) is 0. The first-order valence-electron chi connectivity index (χ1n) is 12.3. The van der Waals surface area contributed by atoms with E-state index >= 15 is 0 Å². The van der Waals surface area contributed by atoms with Gasteiger partial charge in [-0.15, -0.1) is 0 Å². The molecule has 0 spiro atoms. The van der Waals surface area contributed by atoms with Crippen LogP contribution in [-0.4, -0.2) is 64.5 Å². The van der Waals surface area contributed by atoms with E-state index < -0.39 is 0 Å². The van der Waals surface area contributed by atoms with Gasteiger partial charge in [0.15, 0.2) is 6.61 Å². The van der Waals surface area contributed by atoms with Gasteiger partial charge in [-0.2, -0.15) is 0 Å². The van der Waals surface area contributed by atoms with E-state index in [4.69, 9.17) is 15.5 Å². The van der Waals surface area contributed by atoms with Crippen molar-refractivity contribution in [3.05, 3.63) is 66.6 Å². The third-order valence-electron chi connectivity index (χ3n) is 6.95. The van der Waals surface area contributed by atoms with Crippen molar-refractivity contribution >= 4 is 28.7 Å². The normalized spacial score (nSPS) is 16.3. The number of benzene rings is 1. The van der Waals surface area contributed by atoms with Crippen LogP contribution in [0, 0.1) is 0 Å². The number of carbonyl (C=O) groups excluding carboxylic acids is 1. The molecule has 2 N–H and O–H groups in total. The minimum atomic E-state index is -0.0316. The lowest BCUT2D eigenvalue weighted by molar-refractivity contribution is -0.121. The summed E-state index contributed by atoms with van der Waals surface area (Å²) >= 11 is 0. The molecular weight excluding hydrogens is 454 g/mol. The van der Waals surface area contributed by atoms with Gasteiger partial charge in [0.1, 0.15) is 17.2 Å².